The third-order valence-electron chi connectivity index (χ3n) is 10.8. The number of unbranched alkanes of at least 4 members (excludes halogenated alkanes) is 20. The summed E-state index contributed by atoms with van der Waals surface area (Å²) in [7, 11) is 0. The van der Waals surface area contributed by atoms with Crippen LogP contribution < -0.4 is 0 Å². The normalized spacial score (nSPS) is 13.7. The fourth-order valence-electron chi connectivity index (χ4n) is 7.18. The molecule has 376 valence electrons. The average molecular weight is 895 g/mol. The number of aliphatic hydroxyl groups is 4. The highest BCUT2D eigenvalue weighted by molar-refractivity contribution is 4.70. The lowest BCUT2D eigenvalue weighted by Gasteiger charge is -2.28. The fourth-order valence-corrected chi connectivity index (χ4v) is 7.18. The summed E-state index contributed by atoms with van der Waals surface area (Å²) >= 11 is 0. The van der Waals surface area contributed by atoms with Gasteiger partial charge in [0.15, 0.2) is 0 Å². The summed E-state index contributed by atoms with van der Waals surface area (Å²) in [5, 5.41) is 43.2. The first-order valence-corrected chi connectivity index (χ1v) is 26.1. The first kappa shape index (κ1) is 63.6. The molecular formula is C50H106N2O10. The third-order valence-corrected chi connectivity index (χ3v) is 10.8. The van der Waals surface area contributed by atoms with Crippen molar-refractivity contribution in [3.05, 3.63) is 0 Å². The van der Waals surface area contributed by atoms with E-state index in [-0.39, 0.29) is 39.6 Å². The minimum Gasteiger partial charge on any atom is -0.389 e. The molecular weight excluding hydrogens is 789 g/mol. The van der Waals surface area contributed by atoms with E-state index in [0.29, 0.717) is 65.7 Å². The lowest BCUT2D eigenvalue weighted by molar-refractivity contribution is -0.297. The molecule has 0 saturated carbocycles. The van der Waals surface area contributed by atoms with Gasteiger partial charge in [-0.05, 0) is 25.7 Å². The molecule has 4 N–H and O–H groups in total. The Kier molecular flexibility index (Phi) is 54.5. The largest absolute Gasteiger partial charge is 0.389 e. The number of rotatable bonds is 51. The second-order valence-electron chi connectivity index (χ2n) is 17.1. The molecule has 0 saturated heterocycles. The molecule has 0 radical (unpaired) electrons. The predicted molar refractivity (Wildman–Crippen MR) is 257 cm³/mol. The SMILES string of the molecule is CC.CCCCCCCCOCC(O)CN(CCOOCCN(CC(O)COCCCCCCCC)CC(O)COCCCCCCCC)CC(O)COCCCCCCCC. The van der Waals surface area contributed by atoms with Gasteiger partial charge in [-0.2, -0.15) is 0 Å². The molecule has 0 aromatic heterocycles. The highest BCUT2D eigenvalue weighted by Crippen LogP contribution is 2.09. The number of ether oxygens (including phenoxy) is 4. The summed E-state index contributed by atoms with van der Waals surface area (Å²) in [6.07, 6.45) is 25.7. The zero-order chi connectivity index (χ0) is 46.0. The van der Waals surface area contributed by atoms with Crippen molar-refractivity contribution in [2.75, 3.05) is 105 Å². The predicted octanol–water partition coefficient (Wildman–Crippen LogP) is 9.52. The van der Waals surface area contributed by atoms with E-state index in [2.05, 4.69) is 27.7 Å². The molecule has 4 unspecified atom stereocenters. The van der Waals surface area contributed by atoms with E-state index in [1.807, 2.05) is 23.6 Å². The van der Waals surface area contributed by atoms with Crippen molar-refractivity contribution in [2.45, 2.75) is 220 Å². The van der Waals surface area contributed by atoms with E-state index < -0.39 is 24.4 Å². The minimum atomic E-state index is -0.696. The standard InChI is InChI=1S/C48H100N2O10.C2H6/c1-5-9-13-17-21-25-31-55-41-45(51)37-49(38-46(52)42-56-32-26-22-18-14-10-6-2)29-35-59-60-36-30-50(39-47(53)43-57-33-27-23-19-15-11-7-3)40-48(54)44-58-34-28-24-20-16-12-8-4;1-2/h45-48,51-54H,5-44H2,1-4H3;1-2H3. The zero-order valence-corrected chi connectivity index (χ0v) is 41.7. The maximum absolute atomic E-state index is 10.8. The number of hydrogen-bond acceptors (Lipinski definition) is 12. The molecule has 4 atom stereocenters. The monoisotopic (exact) mass is 895 g/mol. The maximum Gasteiger partial charge on any atom is 0.0949 e. The second kappa shape index (κ2) is 53.1. The summed E-state index contributed by atoms with van der Waals surface area (Å²) in [6, 6.07) is 0. The molecule has 0 aromatic carbocycles. The van der Waals surface area contributed by atoms with Crippen LogP contribution in [0, 0.1) is 0 Å². The number of nitrogens with zero attached hydrogens (tertiary/aromatic N) is 2. The van der Waals surface area contributed by atoms with Gasteiger partial charge in [0.25, 0.3) is 0 Å². The molecule has 0 rings (SSSR count). The molecule has 0 amide bonds. The quantitative estimate of drug-likeness (QED) is 0.0263. The van der Waals surface area contributed by atoms with Gasteiger partial charge in [0.1, 0.15) is 0 Å². The van der Waals surface area contributed by atoms with Crippen LogP contribution in [0.3, 0.4) is 0 Å². The number of hydrogen-bond donors (Lipinski definition) is 4. The number of aliphatic hydroxyl groups excluding tert-OH is 4. The lowest BCUT2D eigenvalue weighted by atomic mass is 10.1. The zero-order valence-electron chi connectivity index (χ0n) is 41.7. The second-order valence-corrected chi connectivity index (χ2v) is 17.1. The van der Waals surface area contributed by atoms with Gasteiger partial charge in [-0.3, -0.25) is 9.80 Å². The maximum atomic E-state index is 10.8. The van der Waals surface area contributed by atoms with Crippen LogP contribution in [0.5, 0.6) is 0 Å². The summed E-state index contributed by atoms with van der Waals surface area (Å²) < 4.78 is 23.2. The molecule has 0 fully saturated rings. The van der Waals surface area contributed by atoms with Crippen molar-refractivity contribution in [1.82, 2.24) is 9.80 Å². The van der Waals surface area contributed by atoms with Gasteiger partial charge >= 0.3 is 0 Å². The van der Waals surface area contributed by atoms with E-state index in [4.69, 9.17) is 28.7 Å². The molecule has 0 heterocycles. The van der Waals surface area contributed by atoms with E-state index in [1.54, 1.807) is 0 Å². The molecule has 12 heteroatoms. The minimum absolute atomic E-state index is 0.237. The smallest absolute Gasteiger partial charge is 0.0949 e. The van der Waals surface area contributed by atoms with Crippen molar-refractivity contribution in [2.24, 2.45) is 0 Å². The van der Waals surface area contributed by atoms with E-state index in [0.717, 1.165) is 51.4 Å². The summed E-state index contributed by atoms with van der Waals surface area (Å²) in [4.78, 5) is 15.1. The molecule has 0 spiro atoms. The Bertz CT molecular complexity index is 700. The highest BCUT2D eigenvalue weighted by atomic mass is 17.2. The van der Waals surface area contributed by atoms with Crippen molar-refractivity contribution in [3.63, 3.8) is 0 Å². The van der Waals surface area contributed by atoms with Gasteiger partial charge in [-0.25, -0.2) is 9.78 Å². The Morgan fingerprint density at radius 2 is 0.516 bits per heavy atom. The van der Waals surface area contributed by atoms with E-state index >= 15 is 0 Å². The Morgan fingerprint density at radius 1 is 0.306 bits per heavy atom. The van der Waals surface area contributed by atoms with Gasteiger partial charge in [0.2, 0.25) is 0 Å². The Morgan fingerprint density at radius 3 is 0.742 bits per heavy atom. The Labute approximate surface area is 383 Å². The summed E-state index contributed by atoms with van der Waals surface area (Å²) in [5.74, 6) is 0. The van der Waals surface area contributed by atoms with Crippen molar-refractivity contribution in [3.8, 4) is 0 Å². The summed E-state index contributed by atoms with van der Waals surface area (Å²) in [6.45, 7) is 19.1. The van der Waals surface area contributed by atoms with Gasteiger partial charge in [0, 0.05) is 65.7 Å². The Balaban J connectivity index is 0. The van der Waals surface area contributed by atoms with Crippen LogP contribution in [0.15, 0.2) is 0 Å². The van der Waals surface area contributed by atoms with Crippen LogP contribution in [0.25, 0.3) is 0 Å². The van der Waals surface area contributed by atoms with E-state index in [9.17, 15) is 20.4 Å². The fraction of sp³-hybridized carbons (Fsp3) is 1.00. The van der Waals surface area contributed by atoms with Crippen molar-refractivity contribution < 1.29 is 49.1 Å². The highest BCUT2D eigenvalue weighted by Gasteiger charge is 2.19. The van der Waals surface area contributed by atoms with Gasteiger partial charge < -0.3 is 39.4 Å². The van der Waals surface area contributed by atoms with Crippen LogP contribution in [0.1, 0.15) is 196 Å². The molecule has 0 aliphatic carbocycles. The van der Waals surface area contributed by atoms with Crippen LogP contribution >= 0.6 is 0 Å². The molecule has 0 aliphatic heterocycles. The molecule has 12 nitrogen and oxygen atoms in total. The first-order chi connectivity index (χ1) is 30.4. The molecule has 62 heavy (non-hydrogen) atoms. The van der Waals surface area contributed by atoms with Crippen molar-refractivity contribution >= 4 is 0 Å². The van der Waals surface area contributed by atoms with E-state index in [1.165, 1.54) is 103 Å². The molecule has 0 aliphatic rings. The Hall–Kier alpha value is -0.480. The lowest BCUT2D eigenvalue weighted by Crippen LogP contribution is -2.43. The average Bonchev–Trinajstić information content (AvgIpc) is 3.26. The van der Waals surface area contributed by atoms with Crippen LogP contribution in [-0.2, 0) is 28.7 Å². The molecule has 0 bridgehead atoms. The van der Waals surface area contributed by atoms with Crippen LogP contribution in [0.2, 0.25) is 0 Å². The van der Waals surface area contributed by atoms with Crippen molar-refractivity contribution in [1.29, 1.82) is 0 Å². The molecule has 0 aromatic rings. The van der Waals surface area contributed by atoms with Gasteiger partial charge in [-0.15, -0.1) is 0 Å². The van der Waals surface area contributed by atoms with Crippen LogP contribution in [-0.4, -0.2) is 160 Å². The third kappa shape index (κ3) is 49.0. The summed E-state index contributed by atoms with van der Waals surface area (Å²) in [5.41, 5.74) is 0. The topological polar surface area (TPSA) is 143 Å². The first-order valence-electron chi connectivity index (χ1n) is 26.1. The van der Waals surface area contributed by atoms with Gasteiger partial charge in [0.05, 0.1) is 64.1 Å². The van der Waals surface area contributed by atoms with Crippen LogP contribution in [0.4, 0.5) is 0 Å². The van der Waals surface area contributed by atoms with Gasteiger partial charge in [-0.1, -0.05) is 170 Å².